The van der Waals surface area contributed by atoms with E-state index in [1.807, 2.05) is 6.20 Å². The first kappa shape index (κ1) is 13.0. The lowest BCUT2D eigenvalue weighted by Gasteiger charge is -2.07. The highest BCUT2D eigenvalue weighted by Crippen LogP contribution is 2.03. The quantitative estimate of drug-likeness (QED) is 0.647. The van der Waals surface area contributed by atoms with Crippen molar-refractivity contribution in [2.24, 2.45) is 0 Å². The molecule has 0 radical (unpaired) electrons. The molecule has 0 aliphatic carbocycles. The van der Waals surface area contributed by atoms with Gasteiger partial charge in [0.1, 0.15) is 0 Å². The molecule has 0 amide bonds. The smallest absolute Gasteiger partial charge is 0.202 e. The zero-order chi connectivity index (χ0) is 11.6. The second-order valence-corrected chi connectivity index (χ2v) is 3.42. The maximum Gasteiger partial charge on any atom is 0.202 e. The molecule has 1 heterocycles. The molecule has 0 aliphatic heterocycles. The van der Waals surface area contributed by atoms with Crippen molar-refractivity contribution in [3.8, 4) is 0 Å². The lowest BCUT2D eigenvalue weighted by Crippen LogP contribution is -2.11. The van der Waals surface area contributed by atoms with E-state index in [0.717, 1.165) is 32.1 Å². The predicted molar refractivity (Wildman–Crippen MR) is 63.7 cm³/mol. The van der Waals surface area contributed by atoms with E-state index in [2.05, 4.69) is 21.8 Å². The summed E-state index contributed by atoms with van der Waals surface area (Å²) in [7, 11) is 1.68. The van der Waals surface area contributed by atoms with Gasteiger partial charge in [-0.2, -0.15) is 0 Å². The lowest BCUT2D eigenvalue weighted by molar-refractivity contribution is 0.0705. The number of methoxy groups -OCH3 is 1. The van der Waals surface area contributed by atoms with Crippen LogP contribution in [0.25, 0.3) is 0 Å². The Morgan fingerprint density at radius 1 is 1.38 bits per heavy atom. The number of anilines is 1. The molecule has 1 rings (SSSR count). The number of aryl methyl sites for hydroxylation is 1. The van der Waals surface area contributed by atoms with Crippen molar-refractivity contribution >= 4 is 5.95 Å². The summed E-state index contributed by atoms with van der Waals surface area (Å²) in [6.07, 6.45) is 4.75. The summed E-state index contributed by atoms with van der Waals surface area (Å²) in [6, 6.07) is 0. The molecule has 5 heteroatoms. The molecular formula is C11H21N3O2. The van der Waals surface area contributed by atoms with Crippen LogP contribution < -0.4 is 5.32 Å². The number of hydrogen-bond acceptors (Lipinski definition) is 4. The van der Waals surface area contributed by atoms with Crippen LogP contribution in [0.5, 0.6) is 0 Å². The highest BCUT2D eigenvalue weighted by molar-refractivity contribution is 5.25. The minimum Gasteiger partial charge on any atom is -0.382 e. The Bertz CT molecular complexity index is 276. The molecule has 0 aromatic carbocycles. The standard InChI is InChI=1S/C11H21N3O2/c1-3-14-7-6-13-11(14)12-5-4-8-16-10-9-15-2/h6-7H,3-5,8-10H2,1-2H3,(H,12,13). The van der Waals surface area contributed by atoms with Gasteiger partial charge in [-0.25, -0.2) is 4.98 Å². The molecule has 0 saturated carbocycles. The van der Waals surface area contributed by atoms with Gasteiger partial charge in [-0.3, -0.25) is 0 Å². The summed E-state index contributed by atoms with van der Waals surface area (Å²) in [4.78, 5) is 4.23. The minimum absolute atomic E-state index is 0.660. The van der Waals surface area contributed by atoms with Gasteiger partial charge in [0.05, 0.1) is 13.2 Å². The van der Waals surface area contributed by atoms with Gasteiger partial charge in [0, 0.05) is 39.2 Å². The fourth-order valence-electron chi connectivity index (χ4n) is 1.35. The molecule has 1 N–H and O–H groups in total. The predicted octanol–water partition coefficient (Wildman–Crippen LogP) is 1.37. The Labute approximate surface area is 96.8 Å². The largest absolute Gasteiger partial charge is 0.382 e. The maximum absolute atomic E-state index is 5.36. The van der Waals surface area contributed by atoms with Gasteiger partial charge in [-0.1, -0.05) is 0 Å². The lowest BCUT2D eigenvalue weighted by atomic mass is 10.4. The average Bonchev–Trinajstić information content (AvgIpc) is 2.75. The van der Waals surface area contributed by atoms with Crippen molar-refractivity contribution < 1.29 is 9.47 Å². The molecule has 0 bridgehead atoms. The average molecular weight is 227 g/mol. The molecule has 92 valence electrons. The van der Waals surface area contributed by atoms with Crippen molar-refractivity contribution in [2.75, 3.05) is 38.8 Å². The van der Waals surface area contributed by atoms with Gasteiger partial charge in [-0.05, 0) is 13.3 Å². The SMILES string of the molecule is CCn1ccnc1NCCCOCCOC. The van der Waals surface area contributed by atoms with Crippen molar-refractivity contribution in [1.29, 1.82) is 0 Å². The van der Waals surface area contributed by atoms with Crippen LogP contribution in [0.3, 0.4) is 0 Å². The third kappa shape index (κ3) is 4.63. The molecule has 1 aromatic heterocycles. The molecule has 0 unspecified atom stereocenters. The van der Waals surface area contributed by atoms with E-state index in [-0.39, 0.29) is 0 Å². The van der Waals surface area contributed by atoms with Crippen LogP contribution in [0.15, 0.2) is 12.4 Å². The third-order valence-corrected chi connectivity index (χ3v) is 2.24. The zero-order valence-corrected chi connectivity index (χ0v) is 10.1. The van der Waals surface area contributed by atoms with Crippen LogP contribution in [-0.2, 0) is 16.0 Å². The number of nitrogens with zero attached hydrogens (tertiary/aromatic N) is 2. The van der Waals surface area contributed by atoms with Gasteiger partial charge in [0.25, 0.3) is 0 Å². The number of rotatable bonds is 9. The Balaban J connectivity index is 2.03. The van der Waals surface area contributed by atoms with E-state index in [9.17, 15) is 0 Å². The van der Waals surface area contributed by atoms with Crippen LogP contribution in [0, 0.1) is 0 Å². The van der Waals surface area contributed by atoms with Crippen molar-refractivity contribution in [1.82, 2.24) is 9.55 Å². The normalized spacial score (nSPS) is 10.6. The van der Waals surface area contributed by atoms with Gasteiger partial charge >= 0.3 is 0 Å². The molecule has 0 aliphatic rings. The maximum atomic E-state index is 5.36. The molecular weight excluding hydrogens is 206 g/mol. The fraction of sp³-hybridized carbons (Fsp3) is 0.727. The molecule has 0 saturated heterocycles. The first-order valence-electron chi connectivity index (χ1n) is 5.70. The van der Waals surface area contributed by atoms with E-state index in [1.165, 1.54) is 0 Å². The van der Waals surface area contributed by atoms with Crippen LogP contribution >= 0.6 is 0 Å². The third-order valence-electron chi connectivity index (χ3n) is 2.24. The molecule has 0 atom stereocenters. The van der Waals surface area contributed by atoms with E-state index in [4.69, 9.17) is 9.47 Å². The number of nitrogens with one attached hydrogen (secondary N) is 1. The molecule has 0 fully saturated rings. The van der Waals surface area contributed by atoms with E-state index in [0.29, 0.717) is 13.2 Å². The van der Waals surface area contributed by atoms with Gasteiger partial charge in [-0.15, -0.1) is 0 Å². The summed E-state index contributed by atoms with van der Waals surface area (Å²) < 4.78 is 12.3. The Kier molecular flexibility index (Phi) is 6.60. The fourth-order valence-corrected chi connectivity index (χ4v) is 1.35. The minimum atomic E-state index is 0.660. The van der Waals surface area contributed by atoms with Crippen molar-refractivity contribution in [3.05, 3.63) is 12.4 Å². The zero-order valence-electron chi connectivity index (χ0n) is 10.1. The van der Waals surface area contributed by atoms with Crippen molar-refractivity contribution in [3.63, 3.8) is 0 Å². The first-order valence-corrected chi connectivity index (χ1v) is 5.70. The Hall–Kier alpha value is -1.07. The van der Waals surface area contributed by atoms with Crippen LogP contribution in [-0.4, -0.2) is 43.0 Å². The van der Waals surface area contributed by atoms with Crippen LogP contribution in [0.1, 0.15) is 13.3 Å². The molecule has 1 aromatic rings. The van der Waals surface area contributed by atoms with Gasteiger partial charge < -0.3 is 19.4 Å². The van der Waals surface area contributed by atoms with Gasteiger partial charge in [0.2, 0.25) is 5.95 Å². The number of aromatic nitrogens is 2. The van der Waals surface area contributed by atoms with E-state index in [1.54, 1.807) is 13.3 Å². The number of ether oxygens (including phenoxy) is 2. The summed E-state index contributed by atoms with van der Waals surface area (Å²) in [5.41, 5.74) is 0. The van der Waals surface area contributed by atoms with E-state index < -0.39 is 0 Å². The first-order chi connectivity index (χ1) is 7.88. The topological polar surface area (TPSA) is 48.3 Å². The highest BCUT2D eigenvalue weighted by atomic mass is 16.5. The summed E-state index contributed by atoms with van der Waals surface area (Å²) in [6.45, 7) is 5.99. The summed E-state index contributed by atoms with van der Waals surface area (Å²) >= 11 is 0. The van der Waals surface area contributed by atoms with Crippen molar-refractivity contribution in [2.45, 2.75) is 19.9 Å². The van der Waals surface area contributed by atoms with E-state index >= 15 is 0 Å². The number of imidazole rings is 1. The second kappa shape index (κ2) is 8.13. The summed E-state index contributed by atoms with van der Waals surface area (Å²) in [5, 5.41) is 3.28. The highest BCUT2D eigenvalue weighted by Gasteiger charge is 1.98. The van der Waals surface area contributed by atoms with Crippen LogP contribution in [0.4, 0.5) is 5.95 Å². The monoisotopic (exact) mass is 227 g/mol. The van der Waals surface area contributed by atoms with Crippen LogP contribution in [0.2, 0.25) is 0 Å². The second-order valence-electron chi connectivity index (χ2n) is 3.42. The Morgan fingerprint density at radius 3 is 3.00 bits per heavy atom. The Morgan fingerprint density at radius 2 is 2.25 bits per heavy atom. The van der Waals surface area contributed by atoms with Gasteiger partial charge in [0.15, 0.2) is 0 Å². The molecule has 0 spiro atoms. The number of hydrogen-bond donors (Lipinski definition) is 1. The molecule has 16 heavy (non-hydrogen) atoms. The summed E-state index contributed by atoms with van der Waals surface area (Å²) in [5.74, 6) is 0.930. The molecule has 5 nitrogen and oxygen atoms in total.